The average Bonchev–Trinajstić information content (AvgIpc) is 3.80. The summed E-state index contributed by atoms with van der Waals surface area (Å²) < 4.78 is 28.4. The molecule has 0 N–H and O–H groups in total. The van der Waals surface area contributed by atoms with Crippen molar-refractivity contribution in [3.63, 3.8) is 0 Å². The van der Waals surface area contributed by atoms with Crippen molar-refractivity contribution in [3.8, 4) is 0 Å². The summed E-state index contributed by atoms with van der Waals surface area (Å²) in [5.74, 6) is -0.113. The molecule has 10 nitrogen and oxygen atoms in total. The first-order valence-electron chi connectivity index (χ1n) is 20.7. The second kappa shape index (κ2) is 20.8. The Morgan fingerprint density at radius 3 is 1.51 bits per heavy atom. The summed E-state index contributed by atoms with van der Waals surface area (Å²) >= 11 is 0. The monoisotopic (exact) mass is 826 g/mol. The number of methoxy groups -OCH3 is 2. The maximum Gasteiger partial charge on any atom is 0.410 e. The van der Waals surface area contributed by atoms with Gasteiger partial charge in [0.15, 0.2) is 16.6 Å². The number of esters is 2. The molecular formula is C45H74N2O8Si2. The zero-order chi connectivity index (χ0) is 42.8. The van der Waals surface area contributed by atoms with Crippen LogP contribution >= 0.6 is 0 Å². The molecule has 0 spiro atoms. The third-order valence-corrected chi connectivity index (χ3v) is 22.0. The van der Waals surface area contributed by atoms with E-state index >= 15 is 0 Å². The molecule has 320 valence electrons. The summed E-state index contributed by atoms with van der Waals surface area (Å²) in [7, 11) is -0.779. The van der Waals surface area contributed by atoms with Crippen LogP contribution in [-0.4, -0.2) is 98.1 Å². The SMILES string of the molecule is COC(=O)C1CN(C(=O)OCc2ccccc2)CC1[C@H](C)CO[Si](C)(C)C(C)(C)C.COC(=O)C1CN(Cc2ccccc2)CC1[C@H](C)CO[Si](C)(C)C(C)(C)C. The number of nitrogens with zero attached hydrogens (tertiary/aromatic N) is 2. The van der Waals surface area contributed by atoms with Gasteiger partial charge in [0, 0.05) is 45.9 Å². The van der Waals surface area contributed by atoms with E-state index in [1.165, 1.54) is 19.8 Å². The van der Waals surface area contributed by atoms with Crippen LogP contribution in [-0.2, 0) is 45.8 Å². The van der Waals surface area contributed by atoms with Crippen LogP contribution in [0.3, 0.4) is 0 Å². The van der Waals surface area contributed by atoms with Gasteiger partial charge in [-0.15, -0.1) is 0 Å². The Morgan fingerprint density at radius 1 is 0.649 bits per heavy atom. The molecule has 4 rings (SSSR count). The van der Waals surface area contributed by atoms with Gasteiger partial charge in [-0.3, -0.25) is 14.5 Å². The molecule has 1 amide bonds. The fourth-order valence-electron chi connectivity index (χ4n) is 6.99. The standard InChI is InChI=1S/C23H37NO5Si.C22H37NO3Si/c1-17(15-29-30(6,7)23(2,3)4)19-13-24(14-20(19)21(25)27-5)22(26)28-16-18-11-9-8-10-12-18;1-17(16-26-27(6,7)22(2,3)4)19-14-23(15-20(19)21(24)25-5)13-18-11-9-8-10-12-18/h8-12,17,19-20H,13-16H2,1-7H3;8-12,17,19-20H,13-16H2,1-7H3/t2*17-,19?,20?/m11/s1. The van der Waals surface area contributed by atoms with E-state index in [1.54, 1.807) is 4.90 Å². The van der Waals surface area contributed by atoms with E-state index in [9.17, 15) is 14.4 Å². The van der Waals surface area contributed by atoms with Crippen molar-refractivity contribution < 1.29 is 37.4 Å². The molecule has 2 saturated heterocycles. The van der Waals surface area contributed by atoms with Crippen LogP contribution in [0.15, 0.2) is 60.7 Å². The molecule has 0 radical (unpaired) electrons. The molecule has 0 bridgehead atoms. The Balaban J connectivity index is 0.000000307. The lowest BCUT2D eigenvalue weighted by atomic mass is 9.85. The number of rotatable bonds is 14. The zero-order valence-corrected chi connectivity index (χ0v) is 39.6. The second-order valence-electron chi connectivity index (χ2n) is 19.3. The number of amides is 1. The van der Waals surface area contributed by atoms with Crippen LogP contribution in [0, 0.1) is 35.5 Å². The quantitative estimate of drug-likeness (QED) is 0.105. The van der Waals surface area contributed by atoms with Crippen LogP contribution in [0.2, 0.25) is 36.3 Å². The summed E-state index contributed by atoms with van der Waals surface area (Å²) in [5, 5.41) is 0.320. The maximum atomic E-state index is 12.6. The smallest absolute Gasteiger partial charge is 0.410 e. The van der Waals surface area contributed by atoms with Gasteiger partial charge in [-0.1, -0.05) is 116 Å². The number of hydrogen-bond acceptors (Lipinski definition) is 9. The Morgan fingerprint density at radius 2 is 1.07 bits per heavy atom. The number of carbonyl (C=O) groups excluding carboxylic acids is 3. The molecule has 2 aromatic carbocycles. The topological polar surface area (TPSA) is 104 Å². The largest absolute Gasteiger partial charge is 0.469 e. The van der Waals surface area contributed by atoms with Gasteiger partial charge in [0.2, 0.25) is 0 Å². The van der Waals surface area contributed by atoms with Crippen molar-refractivity contribution in [2.75, 3.05) is 53.6 Å². The van der Waals surface area contributed by atoms with Gasteiger partial charge in [-0.2, -0.15) is 0 Å². The van der Waals surface area contributed by atoms with Gasteiger partial charge in [-0.25, -0.2) is 4.79 Å². The van der Waals surface area contributed by atoms with Crippen LogP contribution < -0.4 is 0 Å². The highest BCUT2D eigenvalue weighted by atomic mass is 28.4. The van der Waals surface area contributed by atoms with Gasteiger partial charge in [-0.05, 0) is 71.1 Å². The molecule has 12 heteroatoms. The van der Waals surface area contributed by atoms with E-state index in [2.05, 4.69) is 111 Å². The first kappa shape index (κ1) is 48.3. The van der Waals surface area contributed by atoms with Crippen molar-refractivity contribution in [2.45, 2.75) is 105 Å². The molecule has 2 fully saturated rings. The molecule has 2 heterocycles. The lowest BCUT2D eigenvalue weighted by Crippen LogP contribution is -2.43. The number of hydrogen-bond donors (Lipinski definition) is 0. The molecule has 2 aromatic rings. The number of carbonyl (C=O) groups is 3. The average molecular weight is 827 g/mol. The number of benzene rings is 2. The summed E-state index contributed by atoms with van der Waals surface area (Å²) in [4.78, 5) is 41.4. The minimum Gasteiger partial charge on any atom is -0.469 e. The predicted molar refractivity (Wildman–Crippen MR) is 233 cm³/mol. The van der Waals surface area contributed by atoms with E-state index < -0.39 is 22.7 Å². The normalized spacial score (nSPS) is 21.6. The minimum absolute atomic E-state index is 0.0218. The minimum atomic E-state index is -1.89. The van der Waals surface area contributed by atoms with Gasteiger partial charge in [0.25, 0.3) is 0 Å². The highest BCUT2D eigenvalue weighted by Gasteiger charge is 2.46. The fourth-order valence-corrected chi connectivity index (χ4v) is 9.21. The van der Waals surface area contributed by atoms with E-state index in [0.29, 0.717) is 32.2 Å². The Hall–Kier alpha value is -3.04. The first-order valence-corrected chi connectivity index (χ1v) is 26.5. The molecule has 0 saturated carbocycles. The lowest BCUT2D eigenvalue weighted by molar-refractivity contribution is -0.147. The predicted octanol–water partition coefficient (Wildman–Crippen LogP) is 9.27. The van der Waals surface area contributed by atoms with E-state index in [4.69, 9.17) is 23.1 Å². The van der Waals surface area contributed by atoms with Gasteiger partial charge >= 0.3 is 18.0 Å². The fraction of sp³-hybridized carbons (Fsp3) is 0.667. The number of ether oxygens (including phenoxy) is 3. The third-order valence-electron chi connectivity index (χ3n) is 13.0. The first-order chi connectivity index (χ1) is 26.5. The molecule has 6 atom stereocenters. The molecule has 0 aliphatic carbocycles. The summed E-state index contributed by atoms with van der Waals surface area (Å²) in [6.45, 7) is 31.6. The summed E-state index contributed by atoms with van der Waals surface area (Å²) in [6, 6.07) is 20.0. The maximum absolute atomic E-state index is 12.6. The van der Waals surface area contributed by atoms with E-state index in [-0.39, 0.29) is 58.2 Å². The molecular weight excluding hydrogens is 753 g/mol. The van der Waals surface area contributed by atoms with E-state index in [0.717, 1.165) is 25.2 Å². The van der Waals surface area contributed by atoms with Gasteiger partial charge in [0.05, 0.1) is 26.1 Å². The van der Waals surface area contributed by atoms with Crippen LogP contribution in [0.1, 0.15) is 66.5 Å². The highest BCUT2D eigenvalue weighted by molar-refractivity contribution is 6.74. The highest BCUT2D eigenvalue weighted by Crippen LogP contribution is 2.40. The van der Waals surface area contributed by atoms with E-state index in [1.807, 2.05) is 36.4 Å². The van der Waals surface area contributed by atoms with Gasteiger partial charge in [0.1, 0.15) is 6.61 Å². The van der Waals surface area contributed by atoms with Crippen molar-refractivity contribution >= 4 is 34.7 Å². The van der Waals surface area contributed by atoms with Gasteiger partial charge < -0.3 is 28.0 Å². The summed E-state index contributed by atoms with van der Waals surface area (Å²) in [5.41, 5.74) is 2.22. The van der Waals surface area contributed by atoms with Crippen molar-refractivity contribution in [1.29, 1.82) is 0 Å². The van der Waals surface area contributed by atoms with Crippen molar-refractivity contribution in [1.82, 2.24) is 9.80 Å². The Bertz CT molecular complexity index is 1560. The summed E-state index contributed by atoms with van der Waals surface area (Å²) in [6.07, 6.45) is -0.396. The van der Waals surface area contributed by atoms with Crippen molar-refractivity contribution in [2.24, 2.45) is 35.5 Å². The van der Waals surface area contributed by atoms with Crippen molar-refractivity contribution in [3.05, 3.63) is 71.8 Å². The molecule has 2 aliphatic heterocycles. The second-order valence-corrected chi connectivity index (χ2v) is 28.9. The lowest BCUT2D eigenvalue weighted by Gasteiger charge is -2.38. The van der Waals surface area contributed by atoms with Crippen LogP contribution in [0.4, 0.5) is 4.79 Å². The molecule has 0 aromatic heterocycles. The molecule has 4 unspecified atom stereocenters. The van der Waals surface area contributed by atoms with Crippen LogP contribution in [0.25, 0.3) is 0 Å². The number of likely N-dealkylation sites (tertiary alicyclic amines) is 2. The Labute approximate surface area is 346 Å². The molecule has 2 aliphatic rings. The molecule has 57 heavy (non-hydrogen) atoms. The zero-order valence-electron chi connectivity index (χ0n) is 37.6. The third kappa shape index (κ3) is 13.8. The Kier molecular flexibility index (Phi) is 17.6. The van der Waals surface area contributed by atoms with Crippen LogP contribution in [0.5, 0.6) is 0 Å².